The second-order valence-electron chi connectivity index (χ2n) is 5.11. The number of piperazine rings is 1. The first-order chi connectivity index (χ1) is 10.5. The molecular formula is C13H14N4O4S. The lowest BCUT2D eigenvalue weighted by Gasteiger charge is -2.35. The van der Waals surface area contributed by atoms with E-state index < -0.39 is 30.4 Å². The Morgan fingerprint density at radius 1 is 1.32 bits per heavy atom. The molecule has 116 valence electrons. The molecule has 1 aromatic heterocycles. The minimum Gasteiger partial charge on any atom is -0.368 e. The van der Waals surface area contributed by atoms with Crippen LogP contribution in [0.4, 0.5) is 4.79 Å². The maximum atomic E-state index is 12.3. The third-order valence-corrected chi connectivity index (χ3v) is 4.60. The van der Waals surface area contributed by atoms with E-state index in [9.17, 15) is 19.2 Å². The molecule has 2 N–H and O–H groups in total. The topological polar surface area (TPSA) is 104 Å². The molecule has 8 nitrogen and oxygen atoms in total. The van der Waals surface area contributed by atoms with Crippen LogP contribution < -0.4 is 5.73 Å². The molecule has 2 saturated heterocycles. The summed E-state index contributed by atoms with van der Waals surface area (Å²) in [6.07, 6.45) is 0. The van der Waals surface area contributed by atoms with Crippen LogP contribution in [0.15, 0.2) is 17.5 Å². The molecule has 2 aliphatic rings. The van der Waals surface area contributed by atoms with Crippen molar-refractivity contribution in [1.29, 1.82) is 0 Å². The molecule has 9 heteroatoms. The van der Waals surface area contributed by atoms with Crippen LogP contribution in [0.3, 0.4) is 0 Å². The van der Waals surface area contributed by atoms with Crippen LogP contribution in [-0.2, 0) is 9.59 Å². The molecule has 3 rings (SSSR count). The fourth-order valence-corrected chi connectivity index (χ4v) is 3.39. The van der Waals surface area contributed by atoms with Crippen LogP contribution in [-0.4, -0.2) is 70.7 Å². The SMILES string of the molecule is NC(=O)CN1C(=O)C2CN(C(=O)c3cccs3)CCN2C1=O. The van der Waals surface area contributed by atoms with Gasteiger partial charge in [0.1, 0.15) is 12.6 Å². The third-order valence-electron chi connectivity index (χ3n) is 3.74. The lowest BCUT2D eigenvalue weighted by molar-refractivity contribution is -0.132. The molecule has 0 spiro atoms. The Labute approximate surface area is 130 Å². The lowest BCUT2D eigenvalue weighted by Crippen LogP contribution is -2.54. The number of nitrogens with two attached hydrogens (primary N) is 1. The van der Waals surface area contributed by atoms with Crippen molar-refractivity contribution in [2.45, 2.75) is 6.04 Å². The van der Waals surface area contributed by atoms with Gasteiger partial charge in [-0.1, -0.05) is 6.07 Å². The van der Waals surface area contributed by atoms with Crippen LogP contribution in [0.2, 0.25) is 0 Å². The van der Waals surface area contributed by atoms with Crippen molar-refractivity contribution in [3.63, 3.8) is 0 Å². The summed E-state index contributed by atoms with van der Waals surface area (Å²) in [7, 11) is 0. The highest BCUT2D eigenvalue weighted by molar-refractivity contribution is 7.12. The second-order valence-corrected chi connectivity index (χ2v) is 6.06. The number of urea groups is 1. The van der Waals surface area contributed by atoms with E-state index in [4.69, 9.17) is 5.73 Å². The molecular weight excluding hydrogens is 308 g/mol. The molecule has 0 aromatic carbocycles. The van der Waals surface area contributed by atoms with Crippen molar-refractivity contribution in [2.75, 3.05) is 26.2 Å². The lowest BCUT2D eigenvalue weighted by atomic mass is 10.2. The number of carbonyl (C=O) groups excluding carboxylic acids is 4. The molecule has 0 bridgehead atoms. The third kappa shape index (κ3) is 2.33. The highest BCUT2D eigenvalue weighted by atomic mass is 32.1. The van der Waals surface area contributed by atoms with Crippen molar-refractivity contribution in [2.24, 2.45) is 5.73 Å². The van der Waals surface area contributed by atoms with E-state index in [2.05, 4.69) is 0 Å². The number of imide groups is 1. The minimum atomic E-state index is -0.743. The summed E-state index contributed by atoms with van der Waals surface area (Å²) in [4.78, 5) is 52.1. The summed E-state index contributed by atoms with van der Waals surface area (Å²) < 4.78 is 0. The number of amides is 5. The Morgan fingerprint density at radius 2 is 2.09 bits per heavy atom. The average molecular weight is 322 g/mol. The molecule has 3 heterocycles. The van der Waals surface area contributed by atoms with Gasteiger partial charge >= 0.3 is 6.03 Å². The molecule has 0 saturated carbocycles. The second kappa shape index (κ2) is 5.41. The normalized spacial score (nSPS) is 21.3. The summed E-state index contributed by atoms with van der Waals surface area (Å²) in [5.41, 5.74) is 5.06. The van der Waals surface area contributed by atoms with Crippen LogP contribution in [0.5, 0.6) is 0 Å². The van der Waals surface area contributed by atoms with E-state index in [0.717, 1.165) is 4.90 Å². The number of hydrogen-bond acceptors (Lipinski definition) is 5. The van der Waals surface area contributed by atoms with Crippen LogP contribution in [0.1, 0.15) is 9.67 Å². The van der Waals surface area contributed by atoms with Gasteiger partial charge in [-0.15, -0.1) is 11.3 Å². The first kappa shape index (κ1) is 14.5. The zero-order valence-electron chi connectivity index (χ0n) is 11.6. The summed E-state index contributed by atoms with van der Waals surface area (Å²) in [6.45, 7) is 0.332. The van der Waals surface area contributed by atoms with Gasteiger partial charge in [-0.3, -0.25) is 19.3 Å². The monoisotopic (exact) mass is 322 g/mol. The van der Waals surface area contributed by atoms with Gasteiger partial charge in [-0.2, -0.15) is 0 Å². The van der Waals surface area contributed by atoms with E-state index in [1.165, 1.54) is 16.2 Å². The molecule has 2 fully saturated rings. The van der Waals surface area contributed by atoms with Gasteiger partial charge < -0.3 is 15.5 Å². The summed E-state index contributed by atoms with van der Waals surface area (Å²) in [5.74, 6) is -1.37. The predicted octanol–water partition coefficient (Wildman–Crippen LogP) is -0.678. The summed E-state index contributed by atoms with van der Waals surface area (Å²) >= 11 is 1.33. The Hall–Kier alpha value is -2.42. The first-order valence-electron chi connectivity index (χ1n) is 6.72. The van der Waals surface area contributed by atoms with Crippen molar-refractivity contribution in [1.82, 2.24) is 14.7 Å². The smallest absolute Gasteiger partial charge is 0.328 e. The van der Waals surface area contributed by atoms with E-state index in [-0.39, 0.29) is 19.0 Å². The largest absolute Gasteiger partial charge is 0.368 e. The quantitative estimate of drug-likeness (QED) is 0.745. The first-order valence-corrected chi connectivity index (χ1v) is 7.60. The van der Waals surface area contributed by atoms with Gasteiger partial charge in [-0.25, -0.2) is 4.79 Å². The fraction of sp³-hybridized carbons (Fsp3) is 0.385. The van der Waals surface area contributed by atoms with E-state index in [1.807, 2.05) is 5.38 Å². The number of hydrogen-bond donors (Lipinski definition) is 1. The van der Waals surface area contributed by atoms with Gasteiger partial charge in [0.25, 0.3) is 11.8 Å². The Bertz CT molecular complexity index is 644. The summed E-state index contributed by atoms with van der Waals surface area (Å²) in [5, 5.41) is 1.81. The van der Waals surface area contributed by atoms with Gasteiger partial charge in [-0.05, 0) is 11.4 Å². The average Bonchev–Trinajstić information content (AvgIpc) is 3.10. The maximum absolute atomic E-state index is 12.3. The Morgan fingerprint density at radius 3 is 2.73 bits per heavy atom. The molecule has 0 aliphatic carbocycles. The predicted molar refractivity (Wildman–Crippen MR) is 77.0 cm³/mol. The van der Waals surface area contributed by atoms with Gasteiger partial charge in [0.2, 0.25) is 5.91 Å². The summed E-state index contributed by atoms with van der Waals surface area (Å²) in [6, 6.07) is 2.26. The number of nitrogens with zero attached hydrogens (tertiary/aromatic N) is 3. The van der Waals surface area contributed by atoms with Gasteiger partial charge in [0.05, 0.1) is 11.4 Å². The highest BCUT2D eigenvalue weighted by Crippen LogP contribution is 2.23. The van der Waals surface area contributed by atoms with Crippen LogP contribution in [0, 0.1) is 0 Å². The van der Waals surface area contributed by atoms with Crippen molar-refractivity contribution in [3.05, 3.63) is 22.4 Å². The molecule has 1 unspecified atom stereocenters. The molecule has 2 aliphatic heterocycles. The minimum absolute atomic E-state index is 0.135. The molecule has 5 amide bonds. The standard InChI is InChI=1S/C13H14N4O4S/c14-10(18)7-17-11(19)8-6-15(3-4-16(8)13(17)21)12(20)9-2-1-5-22-9/h1-2,5,8H,3-4,6-7H2,(H2,14,18). The Balaban J connectivity index is 1.75. The number of fused-ring (bicyclic) bond motifs is 1. The van der Waals surface area contributed by atoms with Gasteiger partial charge in [0, 0.05) is 13.1 Å². The molecule has 0 radical (unpaired) electrons. The number of primary amides is 1. The van der Waals surface area contributed by atoms with Crippen molar-refractivity contribution in [3.8, 4) is 0 Å². The van der Waals surface area contributed by atoms with E-state index in [1.54, 1.807) is 17.0 Å². The van der Waals surface area contributed by atoms with E-state index in [0.29, 0.717) is 11.4 Å². The van der Waals surface area contributed by atoms with Gasteiger partial charge in [0.15, 0.2) is 0 Å². The highest BCUT2D eigenvalue weighted by Gasteiger charge is 2.48. The number of carbonyl (C=O) groups is 4. The van der Waals surface area contributed by atoms with Crippen molar-refractivity contribution >= 4 is 35.1 Å². The Kier molecular flexibility index (Phi) is 3.57. The van der Waals surface area contributed by atoms with Crippen LogP contribution in [0.25, 0.3) is 0 Å². The zero-order valence-corrected chi connectivity index (χ0v) is 12.4. The molecule has 1 atom stereocenters. The maximum Gasteiger partial charge on any atom is 0.328 e. The molecule has 1 aromatic rings. The van der Waals surface area contributed by atoms with Crippen LogP contribution >= 0.6 is 11.3 Å². The fourth-order valence-electron chi connectivity index (χ4n) is 2.69. The van der Waals surface area contributed by atoms with E-state index >= 15 is 0 Å². The zero-order chi connectivity index (χ0) is 15.9. The van der Waals surface area contributed by atoms with Crippen molar-refractivity contribution < 1.29 is 19.2 Å². The molecule has 22 heavy (non-hydrogen) atoms. The number of rotatable bonds is 3. The number of thiophene rings is 1.